The van der Waals surface area contributed by atoms with Crippen LogP contribution in [-0.4, -0.2) is 17.6 Å². The summed E-state index contributed by atoms with van der Waals surface area (Å²) in [5, 5.41) is 4.86. The second kappa shape index (κ2) is 7.70. The van der Waals surface area contributed by atoms with Crippen molar-refractivity contribution < 1.29 is 18.8 Å². The quantitative estimate of drug-likeness (QED) is 0.639. The molecule has 2 aromatic rings. The van der Waals surface area contributed by atoms with Gasteiger partial charge in [-0.1, -0.05) is 23.7 Å². The molecular formula is C17H14ClFN2O3. The Morgan fingerprint density at radius 3 is 2.21 bits per heavy atom. The maximum absolute atomic E-state index is 13.0. The number of amides is 2. The van der Waals surface area contributed by atoms with Crippen molar-refractivity contribution in [1.82, 2.24) is 0 Å². The molecule has 0 saturated carbocycles. The van der Waals surface area contributed by atoms with Gasteiger partial charge in [-0.3, -0.25) is 14.4 Å². The Labute approximate surface area is 142 Å². The minimum absolute atomic E-state index is 0.127. The lowest BCUT2D eigenvalue weighted by Gasteiger charge is -2.08. The number of nitrogens with one attached hydrogen (secondary N) is 2. The number of rotatable bonds is 5. The molecule has 0 heterocycles. The molecule has 0 atom stereocenters. The molecule has 0 unspecified atom stereocenters. The van der Waals surface area contributed by atoms with Gasteiger partial charge in [0.2, 0.25) is 11.8 Å². The number of hydrogen-bond acceptors (Lipinski definition) is 3. The lowest BCUT2D eigenvalue weighted by molar-refractivity contribution is -0.123. The Hall–Kier alpha value is -2.73. The van der Waals surface area contributed by atoms with Gasteiger partial charge in [-0.05, 0) is 37.3 Å². The van der Waals surface area contributed by atoms with E-state index in [0.29, 0.717) is 11.3 Å². The zero-order valence-corrected chi connectivity index (χ0v) is 13.5. The first-order valence-electron chi connectivity index (χ1n) is 7.01. The molecule has 0 saturated heterocycles. The number of carbonyl (C=O) groups excluding carboxylic acids is 3. The smallest absolute Gasteiger partial charge is 0.233 e. The monoisotopic (exact) mass is 348 g/mol. The molecule has 0 aromatic heterocycles. The van der Waals surface area contributed by atoms with Gasteiger partial charge >= 0.3 is 0 Å². The van der Waals surface area contributed by atoms with E-state index in [1.54, 1.807) is 18.2 Å². The maximum Gasteiger partial charge on any atom is 0.233 e. The number of hydrogen-bond donors (Lipinski definition) is 2. The molecule has 0 aliphatic rings. The van der Waals surface area contributed by atoms with Crippen LogP contribution < -0.4 is 10.6 Å². The van der Waals surface area contributed by atoms with Crippen LogP contribution in [0.15, 0.2) is 42.5 Å². The number of halogens is 2. The minimum Gasteiger partial charge on any atom is -0.326 e. The first-order valence-corrected chi connectivity index (χ1v) is 7.38. The number of carbonyl (C=O) groups is 3. The lowest BCUT2D eigenvalue weighted by Crippen LogP contribution is -2.21. The molecule has 2 N–H and O–H groups in total. The van der Waals surface area contributed by atoms with Gasteiger partial charge in [-0.15, -0.1) is 0 Å². The summed E-state index contributed by atoms with van der Waals surface area (Å²) in [7, 11) is 0. The van der Waals surface area contributed by atoms with Crippen molar-refractivity contribution in [2.45, 2.75) is 13.3 Å². The predicted molar refractivity (Wildman–Crippen MR) is 89.7 cm³/mol. The fourth-order valence-corrected chi connectivity index (χ4v) is 2.13. The van der Waals surface area contributed by atoms with E-state index in [1.807, 2.05) is 0 Å². The SMILES string of the molecule is CC(=O)c1cccc(NC(=O)CC(=O)Nc2ccc(F)c(Cl)c2)c1. The van der Waals surface area contributed by atoms with Crippen LogP contribution in [0.1, 0.15) is 23.7 Å². The zero-order valence-electron chi connectivity index (χ0n) is 12.7. The molecule has 0 spiro atoms. The van der Waals surface area contributed by atoms with Crippen LogP contribution in [0.25, 0.3) is 0 Å². The van der Waals surface area contributed by atoms with E-state index < -0.39 is 24.1 Å². The first-order chi connectivity index (χ1) is 11.3. The summed E-state index contributed by atoms with van der Waals surface area (Å²) < 4.78 is 13.0. The minimum atomic E-state index is -0.599. The molecule has 0 aliphatic carbocycles. The molecular weight excluding hydrogens is 335 g/mol. The van der Waals surface area contributed by atoms with Crippen LogP contribution in [0.5, 0.6) is 0 Å². The average molecular weight is 349 g/mol. The summed E-state index contributed by atoms with van der Waals surface area (Å²) in [6.07, 6.45) is -0.431. The number of ketones is 1. The van der Waals surface area contributed by atoms with Crippen LogP contribution in [0, 0.1) is 5.82 Å². The highest BCUT2D eigenvalue weighted by atomic mass is 35.5. The Bertz CT molecular complexity index is 808. The van der Waals surface area contributed by atoms with E-state index in [4.69, 9.17) is 11.6 Å². The highest BCUT2D eigenvalue weighted by molar-refractivity contribution is 6.31. The van der Waals surface area contributed by atoms with Crippen molar-refractivity contribution in [3.05, 3.63) is 58.9 Å². The molecule has 0 bridgehead atoms. The van der Waals surface area contributed by atoms with Gasteiger partial charge in [0.1, 0.15) is 12.2 Å². The summed E-state index contributed by atoms with van der Waals surface area (Å²) >= 11 is 5.62. The van der Waals surface area contributed by atoms with E-state index in [0.717, 1.165) is 6.07 Å². The second-order valence-electron chi connectivity index (χ2n) is 5.04. The summed E-state index contributed by atoms with van der Waals surface area (Å²) in [5.74, 6) is -1.84. The van der Waals surface area contributed by atoms with Crippen molar-refractivity contribution >= 4 is 40.6 Å². The third-order valence-electron chi connectivity index (χ3n) is 3.08. The summed E-state index contributed by atoms with van der Waals surface area (Å²) in [4.78, 5) is 35.0. The summed E-state index contributed by atoms with van der Waals surface area (Å²) in [6, 6.07) is 10.1. The molecule has 0 fully saturated rings. The third-order valence-corrected chi connectivity index (χ3v) is 3.37. The van der Waals surface area contributed by atoms with Gasteiger partial charge < -0.3 is 10.6 Å². The van der Waals surface area contributed by atoms with Crippen LogP contribution >= 0.6 is 11.6 Å². The van der Waals surface area contributed by atoms with E-state index in [1.165, 1.54) is 25.1 Å². The second-order valence-corrected chi connectivity index (χ2v) is 5.45. The lowest BCUT2D eigenvalue weighted by atomic mass is 10.1. The van der Waals surface area contributed by atoms with E-state index in [-0.39, 0.29) is 16.5 Å². The van der Waals surface area contributed by atoms with Crippen molar-refractivity contribution in [1.29, 1.82) is 0 Å². The highest BCUT2D eigenvalue weighted by Gasteiger charge is 2.11. The Morgan fingerprint density at radius 1 is 1.00 bits per heavy atom. The molecule has 0 aliphatic heterocycles. The maximum atomic E-state index is 13.0. The summed E-state index contributed by atoms with van der Waals surface area (Å²) in [6.45, 7) is 1.42. The van der Waals surface area contributed by atoms with Crippen molar-refractivity contribution in [3.8, 4) is 0 Å². The van der Waals surface area contributed by atoms with E-state index >= 15 is 0 Å². The zero-order chi connectivity index (χ0) is 17.7. The van der Waals surface area contributed by atoms with Crippen LogP contribution in [0.3, 0.4) is 0 Å². The fraction of sp³-hybridized carbons (Fsp3) is 0.118. The molecule has 2 amide bonds. The van der Waals surface area contributed by atoms with Gasteiger partial charge in [-0.2, -0.15) is 0 Å². The van der Waals surface area contributed by atoms with Gasteiger partial charge in [0.05, 0.1) is 5.02 Å². The highest BCUT2D eigenvalue weighted by Crippen LogP contribution is 2.19. The standard InChI is InChI=1S/C17H14ClFN2O3/c1-10(22)11-3-2-4-12(7-11)20-16(23)9-17(24)21-13-5-6-15(19)14(18)8-13/h2-8H,9H2,1H3,(H,20,23)(H,21,24). The number of anilines is 2. The molecule has 0 radical (unpaired) electrons. The Balaban J connectivity index is 1.94. The number of Topliss-reactive ketones (excluding diaryl/α,β-unsaturated/α-hetero) is 1. The molecule has 124 valence electrons. The van der Waals surface area contributed by atoms with Gasteiger partial charge in [0.15, 0.2) is 5.78 Å². The Morgan fingerprint density at radius 2 is 1.62 bits per heavy atom. The largest absolute Gasteiger partial charge is 0.326 e. The first kappa shape index (κ1) is 17.6. The van der Waals surface area contributed by atoms with Gasteiger partial charge in [0, 0.05) is 16.9 Å². The molecule has 7 heteroatoms. The van der Waals surface area contributed by atoms with Gasteiger partial charge in [0.25, 0.3) is 0 Å². The molecule has 2 rings (SSSR count). The average Bonchev–Trinajstić information content (AvgIpc) is 2.51. The molecule has 2 aromatic carbocycles. The van der Waals surface area contributed by atoms with E-state index in [9.17, 15) is 18.8 Å². The topological polar surface area (TPSA) is 75.3 Å². The van der Waals surface area contributed by atoms with E-state index in [2.05, 4.69) is 10.6 Å². The van der Waals surface area contributed by atoms with Crippen molar-refractivity contribution in [3.63, 3.8) is 0 Å². The molecule has 24 heavy (non-hydrogen) atoms. The van der Waals surface area contributed by atoms with Crippen LogP contribution in [0.2, 0.25) is 5.02 Å². The Kier molecular flexibility index (Phi) is 5.65. The van der Waals surface area contributed by atoms with Gasteiger partial charge in [-0.25, -0.2) is 4.39 Å². The van der Waals surface area contributed by atoms with Crippen molar-refractivity contribution in [2.24, 2.45) is 0 Å². The normalized spacial score (nSPS) is 10.1. The summed E-state index contributed by atoms with van der Waals surface area (Å²) in [5.41, 5.74) is 1.17. The van der Waals surface area contributed by atoms with Crippen LogP contribution in [-0.2, 0) is 9.59 Å². The fourth-order valence-electron chi connectivity index (χ4n) is 1.95. The predicted octanol–water partition coefficient (Wildman–Crippen LogP) is 3.65. The number of benzene rings is 2. The molecule has 5 nitrogen and oxygen atoms in total. The third kappa shape index (κ3) is 4.89. The van der Waals surface area contributed by atoms with Crippen LogP contribution in [0.4, 0.5) is 15.8 Å². The van der Waals surface area contributed by atoms with Crippen molar-refractivity contribution in [2.75, 3.05) is 10.6 Å².